The van der Waals surface area contributed by atoms with Crippen molar-refractivity contribution in [2.75, 3.05) is 26.2 Å². The molecule has 1 aromatic carbocycles. The van der Waals surface area contributed by atoms with E-state index in [4.69, 9.17) is 0 Å². The number of hydrogen-bond donors (Lipinski definition) is 0. The lowest BCUT2D eigenvalue weighted by Gasteiger charge is -2.40. The first-order chi connectivity index (χ1) is 13.9. The number of imidazole rings is 1. The van der Waals surface area contributed by atoms with Crippen molar-refractivity contribution in [3.8, 4) is 0 Å². The van der Waals surface area contributed by atoms with Gasteiger partial charge in [-0.05, 0) is 50.4 Å². The molecule has 2 aromatic rings. The zero-order valence-electron chi connectivity index (χ0n) is 16.9. The van der Waals surface area contributed by atoms with E-state index in [1.54, 1.807) is 12.3 Å². The first kappa shape index (κ1) is 20.0. The molecular weight excluding hydrogens is 374 g/mol. The quantitative estimate of drug-likeness (QED) is 0.770. The van der Waals surface area contributed by atoms with E-state index >= 15 is 0 Å². The first-order valence-corrected chi connectivity index (χ1v) is 10.4. The van der Waals surface area contributed by atoms with Crippen molar-refractivity contribution in [3.63, 3.8) is 0 Å². The van der Waals surface area contributed by atoms with Crippen LogP contribution in [0.25, 0.3) is 0 Å². The second-order valence-electron chi connectivity index (χ2n) is 8.55. The fourth-order valence-corrected chi connectivity index (χ4v) is 4.84. The summed E-state index contributed by atoms with van der Waals surface area (Å²) in [5, 5.41) is 0. The molecule has 4 rings (SSSR count). The molecule has 156 valence electrons. The Morgan fingerprint density at radius 1 is 1.17 bits per heavy atom. The van der Waals surface area contributed by atoms with E-state index < -0.39 is 11.6 Å². The van der Waals surface area contributed by atoms with Crippen LogP contribution in [0.3, 0.4) is 0 Å². The minimum absolute atomic E-state index is 0.122. The zero-order valence-corrected chi connectivity index (χ0v) is 16.9. The number of halogens is 2. The lowest BCUT2D eigenvalue weighted by Crippen LogP contribution is -2.45. The van der Waals surface area contributed by atoms with Gasteiger partial charge in [0.25, 0.3) is 0 Å². The Bertz CT molecular complexity index is 883. The van der Waals surface area contributed by atoms with Gasteiger partial charge in [-0.2, -0.15) is 0 Å². The number of amides is 1. The van der Waals surface area contributed by atoms with Crippen LogP contribution in [-0.2, 0) is 17.9 Å². The summed E-state index contributed by atoms with van der Waals surface area (Å²) in [6, 6.07) is 4.14. The average molecular weight is 402 g/mol. The van der Waals surface area contributed by atoms with Gasteiger partial charge in [0.05, 0.1) is 0 Å². The topological polar surface area (TPSA) is 41.4 Å². The van der Waals surface area contributed by atoms with Gasteiger partial charge < -0.3 is 9.47 Å². The molecule has 2 aliphatic rings. The normalized spacial score (nSPS) is 22.5. The fourth-order valence-electron chi connectivity index (χ4n) is 4.84. The molecule has 1 atom stereocenters. The minimum atomic E-state index is -0.806. The third-order valence-corrected chi connectivity index (χ3v) is 6.41. The lowest BCUT2D eigenvalue weighted by molar-refractivity contribution is -0.131. The van der Waals surface area contributed by atoms with Gasteiger partial charge >= 0.3 is 0 Å². The summed E-state index contributed by atoms with van der Waals surface area (Å²) in [5.41, 5.74) is 0.916. The standard InChI is InChI=1S/C22H28F2N4O/c1-17-25-8-12-27(17)10-5-21(29)28-11-7-22(16-28)6-2-9-26(15-22)14-18-3-4-19(23)20(24)13-18/h3-4,8,12-13H,2,5-7,9-11,14-16H2,1H3/t22-/m1/s1. The highest BCUT2D eigenvalue weighted by Gasteiger charge is 2.42. The number of nitrogens with zero attached hydrogens (tertiary/aromatic N) is 4. The number of benzene rings is 1. The number of carbonyl (C=O) groups is 1. The molecule has 0 radical (unpaired) electrons. The minimum Gasteiger partial charge on any atom is -0.342 e. The number of likely N-dealkylation sites (tertiary alicyclic amines) is 2. The van der Waals surface area contributed by atoms with Crippen molar-refractivity contribution < 1.29 is 13.6 Å². The van der Waals surface area contributed by atoms with Gasteiger partial charge in [-0.1, -0.05) is 6.07 Å². The molecule has 7 heteroatoms. The predicted molar refractivity (Wildman–Crippen MR) is 106 cm³/mol. The maximum atomic E-state index is 13.5. The summed E-state index contributed by atoms with van der Waals surface area (Å²) in [4.78, 5) is 21.2. The fraction of sp³-hybridized carbons (Fsp3) is 0.545. The average Bonchev–Trinajstić information content (AvgIpc) is 3.29. The molecule has 0 saturated carbocycles. The maximum Gasteiger partial charge on any atom is 0.224 e. The number of aromatic nitrogens is 2. The van der Waals surface area contributed by atoms with Gasteiger partial charge in [-0.15, -0.1) is 0 Å². The van der Waals surface area contributed by atoms with Gasteiger partial charge in [0.15, 0.2) is 11.6 Å². The van der Waals surface area contributed by atoms with Gasteiger partial charge in [0.2, 0.25) is 5.91 Å². The zero-order chi connectivity index (χ0) is 20.4. The van der Waals surface area contributed by atoms with Crippen molar-refractivity contribution in [3.05, 3.63) is 53.6 Å². The number of hydrogen-bond acceptors (Lipinski definition) is 3. The number of carbonyl (C=O) groups excluding carboxylic acids is 1. The second-order valence-corrected chi connectivity index (χ2v) is 8.55. The molecule has 1 amide bonds. The molecule has 0 aliphatic carbocycles. The van der Waals surface area contributed by atoms with Crippen LogP contribution in [0.5, 0.6) is 0 Å². The maximum absolute atomic E-state index is 13.5. The van der Waals surface area contributed by atoms with E-state index in [1.807, 2.05) is 22.6 Å². The number of aryl methyl sites for hydroxylation is 2. The van der Waals surface area contributed by atoms with E-state index in [2.05, 4.69) is 9.88 Å². The lowest BCUT2D eigenvalue weighted by atomic mass is 9.79. The van der Waals surface area contributed by atoms with Crippen molar-refractivity contribution in [2.24, 2.45) is 5.41 Å². The molecule has 0 unspecified atom stereocenters. The van der Waals surface area contributed by atoms with Gasteiger partial charge in [-0.3, -0.25) is 9.69 Å². The van der Waals surface area contributed by atoms with E-state index in [0.29, 0.717) is 19.5 Å². The summed E-state index contributed by atoms with van der Waals surface area (Å²) < 4.78 is 28.7. The first-order valence-electron chi connectivity index (χ1n) is 10.4. The molecule has 1 aromatic heterocycles. The SMILES string of the molecule is Cc1nccn1CCC(=O)N1CC[C@@]2(CCCN(Cc3ccc(F)c(F)c3)C2)C1. The van der Waals surface area contributed by atoms with Crippen LogP contribution in [0.15, 0.2) is 30.6 Å². The van der Waals surface area contributed by atoms with Crippen LogP contribution in [0.1, 0.15) is 37.1 Å². The Labute approximate surface area is 170 Å². The van der Waals surface area contributed by atoms with Crippen molar-refractivity contribution in [2.45, 2.75) is 45.7 Å². The number of piperidine rings is 1. The Morgan fingerprint density at radius 3 is 2.79 bits per heavy atom. The highest BCUT2D eigenvalue weighted by Crippen LogP contribution is 2.39. The van der Waals surface area contributed by atoms with Gasteiger partial charge in [0.1, 0.15) is 5.82 Å². The van der Waals surface area contributed by atoms with E-state index in [9.17, 15) is 13.6 Å². The molecule has 0 bridgehead atoms. The summed E-state index contributed by atoms with van der Waals surface area (Å²) in [7, 11) is 0. The molecule has 5 nitrogen and oxygen atoms in total. The third kappa shape index (κ3) is 4.50. The van der Waals surface area contributed by atoms with E-state index in [-0.39, 0.29) is 11.3 Å². The third-order valence-electron chi connectivity index (χ3n) is 6.41. The Balaban J connectivity index is 1.33. The van der Waals surface area contributed by atoms with Crippen LogP contribution in [-0.4, -0.2) is 51.4 Å². The molecule has 2 aliphatic heterocycles. The van der Waals surface area contributed by atoms with Crippen molar-refractivity contribution >= 4 is 5.91 Å². The van der Waals surface area contributed by atoms with Crippen LogP contribution in [0.4, 0.5) is 8.78 Å². The molecule has 1 spiro atoms. The van der Waals surface area contributed by atoms with Crippen molar-refractivity contribution in [1.29, 1.82) is 0 Å². The van der Waals surface area contributed by atoms with Gasteiger partial charge in [-0.25, -0.2) is 13.8 Å². The van der Waals surface area contributed by atoms with Crippen LogP contribution in [0.2, 0.25) is 0 Å². The van der Waals surface area contributed by atoms with Crippen LogP contribution in [0, 0.1) is 24.0 Å². The highest BCUT2D eigenvalue weighted by atomic mass is 19.2. The summed E-state index contributed by atoms with van der Waals surface area (Å²) in [5.74, 6) is -0.469. The molecule has 2 fully saturated rings. The smallest absolute Gasteiger partial charge is 0.224 e. The summed E-state index contributed by atoms with van der Waals surface area (Å²) in [6.07, 6.45) is 7.36. The van der Waals surface area contributed by atoms with Crippen LogP contribution < -0.4 is 0 Å². The molecule has 0 N–H and O–H groups in total. The summed E-state index contributed by atoms with van der Waals surface area (Å²) >= 11 is 0. The van der Waals surface area contributed by atoms with Gasteiger partial charge in [0, 0.05) is 57.0 Å². The Hall–Kier alpha value is -2.28. The molecule has 29 heavy (non-hydrogen) atoms. The van der Waals surface area contributed by atoms with Crippen LogP contribution >= 0.6 is 0 Å². The Kier molecular flexibility index (Phi) is 5.67. The molecule has 3 heterocycles. The monoisotopic (exact) mass is 402 g/mol. The second kappa shape index (κ2) is 8.22. The highest BCUT2D eigenvalue weighted by molar-refractivity contribution is 5.76. The largest absolute Gasteiger partial charge is 0.342 e. The van der Waals surface area contributed by atoms with E-state index in [0.717, 1.165) is 56.8 Å². The Morgan fingerprint density at radius 2 is 2.03 bits per heavy atom. The molecular formula is C22H28F2N4O. The van der Waals surface area contributed by atoms with E-state index in [1.165, 1.54) is 12.1 Å². The predicted octanol–water partition coefficient (Wildman–Crippen LogP) is 3.37. The van der Waals surface area contributed by atoms with Crippen molar-refractivity contribution in [1.82, 2.24) is 19.4 Å². The number of rotatable bonds is 5. The molecule has 2 saturated heterocycles. The summed E-state index contributed by atoms with van der Waals surface area (Å²) in [6.45, 7) is 6.68.